The third-order valence-corrected chi connectivity index (χ3v) is 7.12. The minimum absolute atomic E-state index is 0.0524. The lowest BCUT2D eigenvalue weighted by Crippen LogP contribution is -2.31. The van der Waals surface area contributed by atoms with Crippen LogP contribution in [0.15, 0.2) is 47.4 Å². The van der Waals surface area contributed by atoms with Gasteiger partial charge in [-0.25, -0.2) is 13.1 Å². The van der Waals surface area contributed by atoms with E-state index in [2.05, 4.69) is 27.1 Å². The lowest BCUT2D eigenvalue weighted by molar-refractivity contribution is 0.0950. The number of methoxy groups -OCH3 is 1. The molecular weight excluding hydrogens is 426 g/mol. The maximum Gasteiger partial charge on any atom is 0.251 e. The Morgan fingerprint density at radius 3 is 2.31 bits per heavy atom. The van der Waals surface area contributed by atoms with Crippen molar-refractivity contribution >= 4 is 15.9 Å². The number of ether oxygens (including phenoxy) is 1. The molecule has 1 heterocycles. The summed E-state index contributed by atoms with van der Waals surface area (Å²) in [7, 11) is -2.40. The SMILES string of the molecule is COc1ccc(C(=O)NCc2ccc(CN3CCCCC3)cc2)cc1S(=O)(=O)NC(C)C. The van der Waals surface area contributed by atoms with Crippen molar-refractivity contribution in [1.29, 1.82) is 0 Å². The summed E-state index contributed by atoms with van der Waals surface area (Å²) in [5, 5.41) is 2.87. The van der Waals surface area contributed by atoms with Gasteiger partial charge < -0.3 is 10.1 Å². The van der Waals surface area contributed by atoms with E-state index in [4.69, 9.17) is 4.74 Å². The molecule has 0 bridgehead atoms. The van der Waals surface area contributed by atoms with Crippen molar-refractivity contribution in [2.75, 3.05) is 20.2 Å². The summed E-state index contributed by atoms with van der Waals surface area (Å²) in [6.45, 7) is 7.10. The molecule has 2 N–H and O–H groups in total. The molecule has 2 aromatic carbocycles. The molecule has 7 nitrogen and oxygen atoms in total. The second kappa shape index (κ2) is 10.9. The van der Waals surface area contributed by atoms with E-state index in [0.29, 0.717) is 6.54 Å². The van der Waals surface area contributed by atoms with Crippen molar-refractivity contribution in [1.82, 2.24) is 14.9 Å². The largest absolute Gasteiger partial charge is 0.495 e. The van der Waals surface area contributed by atoms with Crippen molar-refractivity contribution in [2.45, 2.75) is 57.1 Å². The Hall–Kier alpha value is -2.42. The number of carbonyl (C=O) groups excluding carboxylic acids is 1. The van der Waals surface area contributed by atoms with E-state index in [1.807, 2.05) is 12.1 Å². The standard InChI is InChI=1S/C24H33N3O4S/c1-18(2)26-32(29,30)23-15-21(11-12-22(23)31-3)24(28)25-16-19-7-9-20(10-8-19)17-27-13-5-4-6-14-27/h7-12,15,18,26H,4-6,13-14,16-17H2,1-3H3,(H,25,28). The quantitative estimate of drug-likeness (QED) is 0.601. The first-order valence-electron chi connectivity index (χ1n) is 11.1. The van der Waals surface area contributed by atoms with Crippen LogP contribution in [-0.2, 0) is 23.1 Å². The summed E-state index contributed by atoms with van der Waals surface area (Å²) in [6, 6.07) is 12.4. The fourth-order valence-electron chi connectivity index (χ4n) is 3.82. The highest BCUT2D eigenvalue weighted by molar-refractivity contribution is 7.89. The molecular formula is C24H33N3O4S. The third kappa shape index (κ3) is 6.54. The normalized spacial score (nSPS) is 15.0. The summed E-state index contributed by atoms with van der Waals surface area (Å²) in [6.07, 6.45) is 3.86. The van der Waals surface area contributed by atoms with Crippen LogP contribution < -0.4 is 14.8 Å². The van der Waals surface area contributed by atoms with E-state index in [9.17, 15) is 13.2 Å². The molecule has 0 aliphatic carbocycles. The number of hydrogen-bond acceptors (Lipinski definition) is 5. The highest BCUT2D eigenvalue weighted by Gasteiger charge is 2.22. The van der Waals surface area contributed by atoms with Crippen molar-refractivity contribution in [3.8, 4) is 5.75 Å². The summed E-state index contributed by atoms with van der Waals surface area (Å²) >= 11 is 0. The van der Waals surface area contributed by atoms with Gasteiger partial charge in [0, 0.05) is 24.7 Å². The van der Waals surface area contributed by atoms with E-state index in [1.54, 1.807) is 19.9 Å². The fourth-order valence-corrected chi connectivity index (χ4v) is 5.27. The minimum Gasteiger partial charge on any atom is -0.495 e. The first-order chi connectivity index (χ1) is 15.3. The average Bonchev–Trinajstić information content (AvgIpc) is 2.78. The van der Waals surface area contributed by atoms with Gasteiger partial charge in [-0.3, -0.25) is 9.69 Å². The molecule has 1 aliphatic heterocycles. The highest BCUT2D eigenvalue weighted by Crippen LogP contribution is 2.25. The Morgan fingerprint density at radius 2 is 1.69 bits per heavy atom. The molecule has 32 heavy (non-hydrogen) atoms. The predicted octanol–water partition coefficient (Wildman–Crippen LogP) is 3.30. The van der Waals surface area contributed by atoms with Crippen molar-refractivity contribution in [3.63, 3.8) is 0 Å². The lowest BCUT2D eigenvalue weighted by atomic mass is 10.1. The van der Waals surface area contributed by atoms with E-state index in [0.717, 1.165) is 25.2 Å². The number of amides is 1. The van der Waals surface area contributed by atoms with Crippen LogP contribution in [0.5, 0.6) is 5.75 Å². The second-order valence-electron chi connectivity index (χ2n) is 8.48. The monoisotopic (exact) mass is 459 g/mol. The van der Waals surface area contributed by atoms with Crippen LogP contribution in [0.2, 0.25) is 0 Å². The molecule has 174 valence electrons. The van der Waals surface area contributed by atoms with Gasteiger partial charge in [0.15, 0.2) is 0 Å². The zero-order valence-electron chi connectivity index (χ0n) is 19.1. The van der Waals surface area contributed by atoms with Crippen molar-refractivity contribution < 1.29 is 17.9 Å². The fraction of sp³-hybridized carbons (Fsp3) is 0.458. The van der Waals surface area contributed by atoms with E-state index >= 15 is 0 Å². The van der Waals surface area contributed by atoms with Gasteiger partial charge in [0.05, 0.1) is 7.11 Å². The van der Waals surface area contributed by atoms with Gasteiger partial charge in [0.1, 0.15) is 10.6 Å². The van der Waals surface area contributed by atoms with Gasteiger partial charge in [-0.05, 0) is 69.1 Å². The van der Waals surface area contributed by atoms with Crippen LogP contribution in [0, 0.1) is 0 Å². The molecule has 1 aliphatic rings. The number of nitrogens with one attached hydrogen (secondary N) is 2. The first-order valence-corrected chi connectivity index (χ1v) is 12.6. The molecule has 0 spiro atoms. The molecule has 1 fully saturated rings. The number of nitrogens with zero attached hydrogens (tertiary/aromatic N) is 1. The smallest absolute Gasteiger partial charge is 0.251 e. The number of piperidine rings is 1. The molecule has 0 radical (unpaired) electrons. The average molecular weight is 460 g/mol. The first kappa shape index (κ1) is 24.2. The molecule has 2 aromatic rings. The number of rotatable bonds is 9. The van der Waals surface area contributed by atoms with E-state index < -0.39 is 10.0 Å². The van der Waals surface area contributed by atoms with Crippen LogP contribution in [-0.4, -0.2) is 45.5 Å². The van der Waals surface area contributed by atoms with Gasteiger partial charge >= 0.3 is 0 Å². The number of sulfonamides is 1. The third-order valence-electron chi connectivity index (χ3n) is 5.44. The molecule has 0 aromatic heterocycles. The molecule has 0 unspecified atom stereocenters. The van der Waals surface area contributed by atoms with E-state index in [-0.39, 0.29) is 28.2 Å². The molecule has 1 saturated heterocycles. The van der Waals surface area contributed by atoms with Crippen LogP contribution >= 0.6 is 0 Å². The Labute approximate surface area is 191 Å². The van der Waals surface area contributed by atoms with Crippen LogP contribution in [0.4, 0.5) is 0 Å². The molecule has 0 atom stereocenters. The summed E-state index contributed by atoms with van der Waals surface area (Å²) < 4.78 is 33.0. The number of likely N-dealkylation sites (tertiary alicyclic amines) is 1. The Balaban J connectivity index is 1.63. The lowest BCUT2D eigenvalue weighted by Gasteiger charge is -2.26. The topological polar surface area (TPSA) is 87.7 Å². The Kier molecular flexibility index (Phi) is 8.28. The molecule has 8 heteroatoms. The van der Waals surface area contributed by atoms with Crippen LogP contribution in [0.25, 0.3) is 0 Å². The van der Waals surface area contributed by atoms with Crippen molar-refractivity contribution in [2.24, 2.45) is 0 Å². The maximum absolute atomic E-state index is 12.7. The number of benzene rings is 2. The minimum atomic E-state index is -3.80. The summed E-state index contributed by atoms with van der Waals surface area (Å²) in [5.41, 5.74) is 2.52. The Morgan fingerprint density at radius 1 is 1.03 bits per heavy atom. The predicted molar refractivity (Wildman–Crippen MR) is 125 cm³/mol. The van der Waals surface area contributed by atoms with Gasteiger partial charge in [0.2, 0.25) is 10.0 Å². The number of carbonyl (C=O) groups is 1. The maximum atomic E-state index is 12.7. The van der Waals surface area contributed by atoms with Crippen LogP contribution in [0.3, 0.4) is 0 Å². The zero-order chi connectivity index (χ0) is 23.1. The molecule has 1 amide bonds. The van der Waals surface area contributed by atoms with Gasteiger partial charge in [0.25, 0.3) is 5.91 Å². The van der Waals surface area contributed by atoms with Gasteiger partial charge in [-0.2, -0.15) is 0 Å². The summed E-state index contributed by atoms with van der Waals surface area (Å²) in [4.78, 5) is 15.1. The molecule has 0 saturated carbocycles. The van der Waals surface area contributed by atoms with Gasteiger partial charge in [-0.1, -0.05) is 30.7 Å². The Bertz CT molecular complexity index is 1010. The van der Waals surface area contributed by atoms with E-state index in [1.165, 1.54) is 44.1 Å². The summed E-state index contributed by atoms with van der Waals surface area (Å²) in [5.74, 6) is -0.148. The van der Waals surface area contributed by atoms with Gasteiger partial charge in [-0.15, -0.1) is 0 Å². The number of hydrogen-bond donors (Lipinski definition) is 2. The van der Waals surface area contributed by atoms with Crippen LogP contribution in [0.1, 0.15) is 54.6 Å². The second-order valence-corrected chi connectivity index (χ2v) is 10.2. The van der Waals surface area contributed by atoms with Crippen molar-refractivity contribution in [3.05, 3.63) is 59.2 Å². The zero-order valence-corrected chi connectivity index (χ0v) is 19.9. The highest BCUT2D eigenvalue weighted by atomic mass is 32.2. The molecule has 3 rings (SSSR count).